The van der Waals surface area contributed by atoms with Gasteiger partial charge in [-0.15, -0.1) is 0 Å². The molecule has 6 heteroatoms. The lowest BCUT2D eigenvalue weighted by atomic mass is 9.98. The van der Waals surface area contributed by atoms with Crippen LogP contribution in [0, 0.1) is 13.8 Å². The Hall–Kier alpha value is -1.66. The van der Waals surface area contributed by atoms with Crippen LogP contribution in [-0.2, 0) is 23.0 Å². The van der Waals surface area contributed by atoms with Gasteiger partial charge in [0.15, 0.2) is 0 Å². The predicted octanol–water partition coefficient (Wildman–Crippen LogP) is 3.40. The van der Waals surface area contributed by atoms with Crippen molar-refractivity contribution in [1.82, 2.24) is 13.9 Å². The van der Waals surface area contributed by atoms with Gasteiger partial charge in [0, 0.05) is 37.4 Å². The number of rotatable bonds is 3. The van der Waals surface area contributed by atoms with Gasteiger partial charge in [-0.25, -0.2) is 13.4 Å². The van der Waals surface area contributed by atoms with E-state index < -0.39 is 10.0 Å². The van der Waals surface area contributed by atoms with E-state index in [2.05, 4.69) is 9.55 Å². The van der Waals surface area contributed by atoms with Crippen LogP contribution < -0.4 is 0 Å². The zero-order valence-electron chi connectivity index (χ0n) is 15.6. The van der Waals surface area contributed by atoms with Crippen molar-refractivity contribution in [2.24, 2.45) is 0 Å². The summed E-state index contributed by atoms with van der Waals surface area (Å²) in [7, 11) is -3.46. The summed E-state index contributed by atoms with van der Waals surface area (Å²) in [6.07, 6.45) is 7.39. The zero-order chi connectivity index (χ0) is 18.3. The highest BCUT2D eigenvalue weighted by Gasteiger charge is 2.34. The van der Waals surface area contributed by atoms with Crippen LogP contribution in [0.3, 0.4) is 0 Å². The third kappa shape index (κ3) is 3.09. The number of hydrogen-bond acceptors (Lipinski definition) is 3. The molecule has 0 saturated carbocycles. The molecule has 0 amide bonds. The average Bonchev–Trinajstić information content (AvgIpc) is 3.08. The third-order valence-electron chi connectivity index (χ3n) is 5.74. The molecule has 0 aliphatic carbocycles. The van der Waals surface area contributed by atoms with E-state index in [9.17, 15) is 8.42 Å². The number of nitrogens with zero attached hydrogens (tertiary/aromatic N) is 3. The van der Waals surface area contributed by atoms with Gasteiger partial charge in [0.25, 0.3) is 0 Å². The zero-order valence-corrected chi connectivity index (χ0v) is 16.4. The molecule has 0 N–H and O–H groups in total. The smallest absolute Gasteiger partial charge is 0.243 e. The van der Waals surface area contributed by atoms with Gasteiger partial charge in [0.2, 0.25) is 10.0 Å². The molecule has 1 saturated heterocycles. The lowest BCUT2D eigenvalue weighted by molar-refractivity contribution is 0.302. The summed E-state index contributed by atoms with van der Waals surface area (Å²) in [4.78, 5) is 5.13. The second kappa shape index (κ2) is 6.82. The average molecular weight is 374 g/mol. The van der Waals surface area contributed by atoms with E-state index in [1.165, 1.54) is 18.5 Å². The highest BCUT2D eigenvalue weighted by molar-refractivity contribution is 7.89. The van der Waals surface area contributed by atoms with Crippen molar-refractivity contribution in [3.63, 3.8) is 0 Å². The molecule has 140 valence electrons. The second-order valence-corrected chi connectivity index (χ2v) is 9.59. The third-order valence-corrected chi connectivity index (χ3v) is 7.75. The highest BCUT2D eigenvalue weighted by atomic mass is 32.2. The number of piperidine rings is 1. The van der Waals surface area contributed by atoms with Crippen molar-refractivity contribution in [3.8, 4) is 0 Å². The molecule has 26 heavy (non-hydrogen) atoms. The summed E-state index contributed by atoms with van der Waals surface area (Å²) in [5, 5.41) is 0. The van der Waals surface area contributed by atoms with Crippen LogP contribution in [0.2, 0.25) is 0 Å². The molecule has 3 heterocycles. The van der Waals surface area contributed by atoms with Gasteiger partial charge >= 0.3 is 0 Å². The molecule has 1 aromatic heterocycles. The quantitative estimate of drug-likeness (QED) is 0.828. The predicted molar refractivity (Wildman–Crippen MR) is 102 cm³/mol. The summed E-state index contributed by atoms with van der Waals surface area (Å²) in [5.41, 5.74) is 3.10. The summed E-state index contributed by atoms with van der Waals surface area (Å²) < 4.78 is 30.5. The second-order valence-electron chi connectivity index (χ2n) is 7.69. The molecule has 5 nitrogen and oxygen atoms in total. The maximum atomic E-state index is 13.3. The minimum Gasteiger partial charge on any atom is -0.332 e. The van der Waals surface area contributed by atoms with E-state index in [4.69, 9.17) is 0 Å². The van der Waals surface area contributed by atoms with Gasteiger partial charge in [0.05, 0.1) is 4.90 Å². The number of fused-ring (bicyclic) bond motifs is 1. The summed E-state index contributed by atoms with van der Waals surface area (Å²) in [5.74, 6) is 1.27. The van der Waals surface area contributed by atoms with Gasteiger partial charge < -0.3 is 4.57 Å². The SMILES string of the molecule is Cc1ccc(C)c(S(=O)(=O)N2CCCC(c3ncc4n3CCCC4)C2)c1. The van der Waals surface area contributed by atoms with Crippen molar-refractivity contribution >= 4 is 10.0 Å². The highest BCUT2D eigenvalue weighted by Crippen LogP contribution is 2.32. The van der Waals surface area contributed by atoms with Crippen molar-refractivity contribution in [2.75, 3.05) is 13.1 Å². The molecule has 1 aromatic carbocycles. The fourth-order valence-electron chi connectivity index (χ4n) is 4.28. The Morgan fingerprint density at radius 1 is 1.12 bits per heavy atom. The molecular weight excluding hydrogens is 346 g/mol. The number of imidazole rings is 1. The number of aryl methyl sites for hydroxylation is 3. The Morgan fingerprint density at radius 3 is 2.81 bits per heavy atom. The van der Waals surface area contributed by atoms with Crippen LogP contribution in [0.5, 0.6) is 0 Å². The van der Waals surface area contributed by atoms with Gasteiger partial charge in [-0.2, -0.15) is 4.31 Å². The molecule has 1 atom stereocenters. The van der Waals surface area contributed by atoms with Crippen LogP contribution in [0.15, 0.2) is 29.3 Å². The number of benzene rings is 1. The summed E-state index contributed by atoms with van der Waals surface area (Å²) in [6, 6.07) is 5.66. The van der Waals surface area contributed by atoms with Crippen LogP contribution in [0.1, 0.15) is 54.2 Å². The Kier molecular flexibility index (Phi) is 4.65. The van der Waals surface area contributed by atoms with E-state index in [1.54, 1.807) is 10.4 Å². The Bertz CT molecular complexity index is 917. The number of hydrogen-bond donors (Lipinski definition) is 0. The minimum absolute atomic E-state index is 0.190. The van der Waals surface area contributed by atoms with Crippen molar-refractivity contribution < 1.29 is 8.42 Å². The van der Waals surface area contributed by atoms with Crippen molar-refractivity contribution in [3.05, 3.63) is 47.0 Å². The molecule has 0 radical (unpaired) electrons. The minimum atomic E-state index is -3.46. The van der Waals surface area contributed by atoms with Crippen LogP contribution >= 0.6 is 0 Å². The van der Waals surface area contributed by atoms with E-state index >= 15 is 0 Å². The normalized spacial score (nSPS) is 21.5. The lowest BCUT2D eigenvalue weighted by Gasteiger charge is -2.32. The number of aromatic nitrogens is 2. The molecule has 2 aromatic rings. The molecular formula is C20H27N3O2S. The largest absolute Gasteiger partial charge is 0.332 e. The maximum Gasteiger partial charge on any atom is 0.243 e. The van der Waals surface area contributed by atoms with Crippen molar-refractivity contribution in [2.45, 2.75) is 63.3 Å². The van der Waals surface area contributed by atoms with Crippen LogP contribution in [0.4, 0.5) is 0 Å². The van der Waals surface area contributed by atoms with Gasteiger partial charge in [-0.05, 0) is 63.1 Å². The maximum absolute atomic E-state index is 13.3. The summed E-state index contributed by atoms with van der Waals surface area (Å²) in [6.45, 7) is 5.96. The molecule has 2 aliphatic rings. The lowest BCUT2D eigenvalue weighted by Crippen LogP contribution is -2.40. The first-order valence-electron chi connectivity index (χ1n) is 9.58. The Morgan fingerprint density at radius 2 is 1.96 bits per heavy atom. The molecule has 2 aliphatic heterocycles. The van der Waals surface area contributed by atoms with Crippen LogP contribution in [0.25, 0.3) is 0 Å². The van der Waals surface area contributed by atoms with E-state index in [0.717, 1.165) is 42.8 Å². The summed E-state index contributed by atoms with van der Waals surface area (Å²) >= 11 is 0. The molecule has 4 rings (SSSR count). The fourth-order valence-corrected chi connectivity index (χ4v) is 6.12. The first-order valence-corrected chi connectivity index (χ1v) is 11.0. The number of sulfonamides is 1. The molecule has 1 unspecified atom stereocenters. The van der Waals surface area contributed by atoms with Crippen LogP contribution in [-0.4, -0.2) is 35.4 Å². The van der Waals surface area contributed by atoms with Crippen molar-refractivity contribution in [1.29, 1.82) is 0 Å². The first kappa shape index (κ1) is 17.7. The van der Waals surface area contributed by atoms with Gasteiger partial charge in [0.1, 0.15) is 5.82 Å². The van der Waals surface area contributed by atoms with E-state index in [1.807, 2.05) is 32.2 Å². The fraction of sp³-hybridized carbons (Fsp3) is 0.550. The van der Waals surface area contributed by atoms with Gasteiger partial charge in [-0.1, -0.05) is 12.1 Å². The first-order chi connectivity index (χ1) is 12.5. The molecule has 0 spiro atoms. The molecule has 0 bridgehead atoms. The topological polar surface area (TPSA) is 55.2 Å². The van der Waals surface area contributed by atoms with Gasteiger partial charge in [-0.3, -0.25) is 0 Å². The van der Waals surface area contributed by atoms with E-state index in [0.29, 0.717) is 18.0 Å². The molecule has 1 fully saturated rings. The monoisotopic (exact) mass is 373 g/mol. The van der Waals surface area contributed by atoms with E-state index in [-0.39, 0.29) is 5.92 Å². The Balaban J connectivity index is 1.62. The Labute approximate surface area is 156 Å². The standard InChI is InChI=1S/C20H27N3O2S/c1-15-8-9-16(2)19(12-15)26(24,25)22-10-5-6-17(14-22)20-21-13-18-7-3-4-11-23(18)20/h8-9,12-13,17H,3-7,10-11,14H2,1-2H3.